The van der Waals surface area contributed by atoms with E-state index in [1.165, 1.54) is 6.07 Å². The monoisotopic (exact) mass is 403 g/mol. The standard InChI is InChI=1S/C22H29NO6/c1-5-7-9-15-12-19(24)29-20-13(3)18(11-10-16(15)20)28-14(4)21(25)23-17(8-6-2)22(26)27/h10-12,14,17H,5-9H2,1-4H3,(H,23,25)(H,26,27)/t14-,17+/m0/s1. The smallest absolute Gasteiger partial charge is 0.336 e. The number of rotatable bonds is 10. The molecule has 2 atom stereocenters. The lowest BCUT2D eigenvalue weighted by atomic mass is 10.0. The maximum absolute atomic E-state index is 12.4. The molecule has 158 valence electrons. The highest BCUT2D eigenvalue weighted by atomic mass is 16.5. The number of carboxylic acids is 1. The van der Waals surface area contributed by atoms with E-state index in [1.54, 1.807) is 19.9 Å². The third-order valence-corrected chi connectivity index (χ3v) is 4.86. The molecule has 0 bridgehead atoms. The molecule has 1 aromatic carbocycles. The van der Waals surface area contributed by atoms with Crippen LogP contribution < -0.4 is 15.7 Å². The highest BCUT2D eigenvalue weighted by Gasteiger charge is 2.24. The summed E-state index contributed by atoms with van der Waals surface area (Å²) in [5, 5.41) is 12.6. The third kappa shape index (κ3) is 5.59. The molecule has 0 spiro atoms. The number of hydrogen-bond acceptors (Lipinski definition) is 5. The van der Waals surface area contributed by atoms with Crippen LogP contribution in [-0.4, -0.2) is 29.1 Å². The van der Waals surface area contributed by atoms with Crippen molar-refractivity contribution in [3.05, 3.63) is 39.7 Å². The first-order valence-corrected chi connectivity index (χ1v) is 10.0. The van der Waals surface area contributed by atoms with Gasteiger partial charge in [0.2, 0.25) is 0 Å². The Morgan fingerprint density at radius 2 is 1.97 bits per heavy atom. The second-order valence-electron chi connectivity index (χ2n) is 7.21. The normalized spacial score (nSPS) is 13.1. The van der Waals surface area contributed by atoms with Crippen LogP contribution in [-0.2, 0) is 16.0 Å². The quantitative estimate of drug-likeness (QED) is 0.588. The number of carboxylic acid groups (broad SMARTS) is 1. The van der Waals surface area contributed by atoms with Crippen molar-refractivity contribution in [2.75, 3.05) is 0 Å². The summed E-state index contributed by atoms with van der Waals surface area (Å²) in [5.41, 5.74) is 1.59. The summed E-state index contributed by atoms with van der Waals surface area (Å²) in [7, 11) is 0. The van der Waals surface area contributed by atoms with Crippen LogP contribution >= 0.6 is 0 Å². The third-order valence-electron chi connectivity index (χ3n) is 4.86. The average Bonchev–Trinajstić information content (AvgIpc) is 2.67. The van der Waals surface area contributed by atoms with E-state index in [2.05, 4.69) is 12.2 Å². The molecule has 1 amide bonds. The van der Waals surface area contributed by atoms with Crippen LogP contribution in [0.1, 0.15) is 57.6 Å². The SMILES string of the molecule is CCCCc1cc(=O)oc2c(C)c(O[C@@H](C)C(=O)N[C@H](CCC)C(=O)O)ccc12. The van der Waals surface area contributed by atoms with Crippen LogP contribution in [0, 0.1) is 6.92 Å². The zero-order valence-corrected chi connectivity index (χ0v) is 17.4. The Balaban J connectivity index is 2.25. The summed E-state index contributed by atoms with van der Waals surface area (Å²) in [4.78, 5) is 35.6. The van der Waals surface area contributed by atoms with Crippen molar-refractivity contribution in [2.24, 2.45) is 0 Å². The summed E-state index contributed by atoms with van der Waals surface area (Å²) in [6.45, 7) is 7.26. The fraction of sp³-hybridized carbons (Fsp3) is 0.500. The second-order valence-corrected chi connectivity index (χ2v) is 7.21. The number of fused-ring (bicyclic) bond motifs is 1. The molecule has 0 aliphatic heterocycles. The molecule has 2 rings (SSSR count). The molecule has 1 aromatic heterocycles. The number of carbonyl (C=O) groups excluding carboxylic acids is 1. The molecule has 0 unspecified atom stereocenters. The topological polar surface area (TPSA) is 106 Å². The Hall–Kier alpha value is -2.83. The fourth-order valence-corrected chi connectivity index (χ4v) is 3.19. The molecular weight excluding hydrogens is 374 g/mol. The van der Waals surface area contributed by atoms with E-state index in [0.717, 1.165) is 30.2 Å². The molecule has 2 N–H and O–H groups in total. The van der Waals surface area contributed by atoms with Crippen molar-refractivity contribution < 1.29 is 23.8 Å². The van der Waals surface area contributed by atoms with Gasteiger partial charge >= 0.3 is 11.6 Å². The summed E-state index contributed by atoms with van der Waals surface area (Å²) in [6.07, 6.45) is 2.84. The first-order chi connectivity index (χ1) is 13.8. The van der Waals surface area contributed by atoms with Gasteiger partial charge in [-0.3, -0.25) is 4.79 Å². The highest BCUT2D eigenvalue weighted by Crippen LogP contribution is 2.29. The molecule has 0 aliphatic rings. The molecule has 2 aromatic rings. The van der Waals surface area contributed by atoms with Gasteiger partial charge in [0, 0.05) is 17.0 Å². The first kappa shape index (κ1) is 22.5. The highest BCUT2D eigenvalue weighted by molar-refractivity contribution is 5.87. The maximum atomic E-state index is 12.4. The lowest BCUT2D eigenvalue weighted by molar-refractivity contribution is -0.143. The minimum Gasteiger partial charge on any atom is -0.480 e. The number of benzene rings is 1. The summed E-state index contributed by atoms with van der Waals surface area (Å²) in [5.74, 6) is -1.17. The van der Waals surface area contributed by atoms with E-state index in [-0.39, 0.29) is 0 Å². The Morgan fingerprint density at radius 1 is 1.24 bits per heavy atom. The van der Waals surface area contributed by atoms with Crippen molar-refractivity contribution >= 4 is 22.8 Å². The molecular formula is C22H29NO6. The van der Waals surface area contributed by atoms with Crippen LogP contribution in [0.25, 0.3) is 11.0 Å². The number of hydrogen-bond donors (Lipinski definition) is 2. The van der Waals surface area contributed by atoms with Crippen LogP contribution in [0.4, 0.5) is 0 Å². The van der Waals surface area contributed by atoms with Gasteiger partial charge in [0.25, 0.3) is 5.91 Å². The molecule has 0 aliphatic carbocycles. The Labute approximate surface area is 170 Å². The number of carbonyl (C=O) groups is 2. The van der Waals surface area contributed by atoms with Gasteiger partial charge in [-0.25, -0.2) is 9.59 Å². The van der Waals surface area contributed by atoms with E-state index in [0.29, 0.717) is 29.7 Å². The van der Waals surface area contributed by atoms with E-state index >= 15 is 0 Å². The van der Waals surface area contributed by atoms with Crippen LogP contribution in [0.2, 0.25) is 0 Å². The second kappa shape index (κ2) is 10.1. The molecule has 7 heteroatoms. The van der Waals surface area contributed by atoms with Crippen molar-refractivity contribution in [3.8, 4) is 5.75 Å². The van der Waals surface area contributed by atoms with Gasteiger partial charge in [-0.1, -0.05) is 26.7 Å². The summed E-state index contributed by atoms with van der Waals surface area (Å²) < 4.78 is 11.2. The predicted octanol–water partition coefficient (Wildman–Crippen LogP) is 3.58. The van der Waals surface area contributed by atoms with Crippen LogP contribution in [0.15, 0.2) is 27.4 Å². The van der Waals surface area contributed by atoms with Crippen LogP contribution in [0.3, 0.4) is 0 Å². The van der Waals surface area contributed by atoms with Crippen molar-refractivity contribution in [1.82, 2.24) is 5.32 Å². The van der Waals surface area contributed by atoms with Gasteiger partial charge in [0.15, 0.2) is 6.10 Å². The lowest BCUT2D eigenvalue weighted by Crippen LogP contribution is -2.46. The van der Waals surface area contributed by atoms with Crippen molar-refractivity contribution in [1.29, 1.82) is 0 Å². The van der Waals surface area contributed by atoms with E-state index in [9.17, 15) is 19.5 Å². The Bertz CT molecular complexity index is 933. The molecule has 0 radical (unpaired) electrons. The summed E-state index contributed by atoms with van der Waals surface area (Å²) >= 11 is 0. The van der Waals surface area contributed by atoms with Gasteiger partial charge < -0.3 is 19.6 Å². The van der Waals surface area contributed by atoms with E-state index in [1.807, 2.05) is 13.0 Å². The number of nitrogens with one attached hydrogen (secondary N) is 1. The number of ether oxygens (including phenoxy) is 1. The minimum absolute atomic E-state index is 0.342. The zero-order valence-electron chi connectivity index (χ0n) is 17.4. The predicted molar refractivity (Wildman–Crippen MR) is 110 cm³/mol. The lowest BCUT2D eigenvalue weighted by Gasteiger charge is -2.20. The van der Waals surface area contributed by atoms with Gasteiger partial charge in [-0.15, -0.1) is 0 Å². The number of aryl methyl sites for hydroxylation is 2. The van der Waals surface area contributed by atoms with Crippen molar-refractivity contribution in [3.63, 3.8) is 0 Å². The number of unbranched alkanes of at least 4 members (excludes halogenated alkanes) is 1. The fourth-order valence-electron chi connectivity index (χ4n) is 3.19. The largest absolute Gasteiger partial charge is 0.480 e. The van der Waals surface area contributed by atoms with Gasteiger partial charge in [0.05, 0.1) is 0 Å². The zero-order chi connectivity index (χ0) is 21.6. The number of amides is 1. The average molecular weight is 403 g/mol. The van der Waals surface area contributed by atoms with Crippen molar-refractivity contribution in [2.45, 2.75) is 71.9 Å². The Morgan fingerprint density at radius 3 is 2.59 bits per heavy atom. The minimum atomic E-state index is -1.07. The Kier molecular flexibility index (Phi) is 7.82. The first-order valence-electron chi connectivity index (χ1n) is 10.0. The van der Waals surface area contributed by atoms with Gasteiger partial charge in [-0.2, -0.15) is 0 Å². The summed E-state index contributed by atoms with van der Waals surface area (Å²) in [6, 6.07) is 4.15. The molecule has 0 fully saturated rings. The van der Waals surface area contributed by atoms with Gasteiger partial charge in [0.1, 0.15) is 17.4 Å². The molecule has 1 heterocycles. The molecule has 7 nitrogen and oxygen atoms in total. The van der Waals surface area contributed by atoms with Crippen LogP contribution in [0.5, 0.6) is 5.75 Å². The molecule has 0 saturated carbocycles. The van der Waals surface area contributed by atoms with E-state index in [4.69, 9.17) is 9.15 Å². The van der Waals surface area contributed by atoms with E-state index < -0.39 is 29.6 Å². The van der Waals surface area contributed by atoms with Gasteiger partial charge in [-0.05, 0) is 50.8 Å². The maximum Gasteiger partial charge on any atom is 0.336 e. The number of aliphatic carboxylic acids is 1. The molecule has 0 saturated heterocycles. The molecule has 29 heavy (non-hydrogen) atoms.